The molecular formula is C20H30NO2P. The predicted molar refractivity (Wildman–Crippen MR) is 103 cm³/mol. The molecule has 0 fully saturated rings. The number of nitrogens with zero attached hydrogens (tertiary/aromatic N) is 1. The van der Waals surface area contributed by atoms with E-state index in [2.05, 4.69) is 62.7 Å². The molecule has 1 unspecified atom stereocenters. The fourth-order valence-electron chi connectivity index (χ4n) is 2.75. The Kier molecular flexibility index (Phi) is 8.14. The highest BCUT2D eigenvalue weighted by Gasteiger charge is 2.27. The van der Waals surface area contributed by atoms with Gasteiger partial charge >= 0.3 is 0 Å². The molecule has 0 radical (unpaired) electrons. The molecule has 3 nitrogen and oxygen atoms in total. The van der Waals surface area contributed by atoms with Crippen LogP contribution in [-0.4, -0.2) is 23.4 Å². The number of rotatable bonds is 9. The number of hydrogen-bond acceptors (Lipinski definition) is 3. The molecule has 1 atom stereocenters. The van der Waals surface area contributed by atoms with E-state index in [0.29, 0.717) is 25.3 Å². The zero-order chi connectivity index (χ0) is 17.4. The van der Waals surface area contributed by atoms with Crippen molar-refractivity contribution in [1.82, 2.24) is 4.67 Å². The van der Waals surface area contributed by atoms with Crippen LogP contribution in [0.4, 0.5) is 0 Å². The molecule has 1 aromatic rings. The van der Waals surface area contributed by atoms with Gasteiger partial charge in [-0.25, -0.2) is 4.67 Å². The molecule has 24 heavy (non-hydrogen) atoms. The van der Waals surface area contributed by atoms with Gasteiger partial charge in [0.05, 0.1) is 13.2 Å². The zero-order valence-corrected chi connectivity index (χ0v) is 16.2. The molecule has 0 spiro atoms. The Bertz CT molecular complexity index is 532. The number of benzene rings is 1. The van der Waals surface area contributed by atoms with Crippen molar-refractivity contribution in [2.45, 2.75) is 59.2 Å². The molecule has 0 saturated heterocycles. The molecule has 0 heterocycles. The van der Waals surface area contributed by atoms with Gasteiger partial charge in [0.2, 0.25) is 0 Å². The van der Waals surface area contributed by atoms with Crippen LogP contribution < -0.4 is 0 Å². The van der Waals surface area contributed by atoms with Crippen LogP contribution in [0.2, 0.25) is 0 Å². The second-order valence-electron chi connectivity index (χ2n) is 6.60. The molecule has 0 bridgehead atoms. The molecule has 0 saturated carbocycles. The summed E-state index contributed by atoms with van der Waals surface area (Å²) in [7, 11) is -1.09. The number of allylic oxidation sites excluding steroid dienone is 2. The Morgan fingerprint density at radius 3 is 2.21 bits per heavy atom. The lowest BCUT2D eigenvalue weighted by Gasteiger charge is -2.35. The highest BCUT2D eigenvalue weighted by molar-refractivity contribution is 7.44. The third-order valence-electron chi connectivity index (χ3n) is 3.84. The van der Waals surface area contributed by atoms with Gasteiger partial charge in [0.1, 0.15) is 0 Å². The van der Waals surface area contributed by atoms with Crippen LogP contribution in [0.5, 0.6) is 0 Å². The Morgan fingerprint density at radius 2 is 1.62 bits per heavy atom. The van der Waals surface area contributed by atoms with Crippen molar-refractivity contribution in [2.24, 2.45) is 0 Å². The van der Waals surface area contributed by atoms with Crippen molar-refractivity contribution >= 4 is 8.53 Å². The lowest BCUT2D eigenvalue weighted by Crippen LogP contribution is -2.33. The molecule has 2 rings (SSSR count). The van der Waals surface area contributed by atoms with Crippen molar-refractivity contribution in [3.05, 3.63) is 59.7 Å². The molecule has 132 valence electrons. The largest absolute Gasteiger partial charge is 0.317 e. The average Bonchev–Trinajstić information content (AvgIpc) is 2.58. The monoisotopic (exact) mass is 347 g/mol. The van der Waals surface area contributed by atoms with Crippen LogP contribution in [0, 0.1) is 0 Å². The van der Waals surface area contributed by atoms with Crippen LogP contribution in [0.3, 0.4) is 0 Å². The fourth-order valence-corrected chi connectivity index (χ4v) is 4.37. The molecular weight excluding hydrogens is 317 g/mol. The van der Waals surface area contributed by atoms with Crippen LogP contribution in [0.25, 0.3) is 0 Å². The lowest BCUT2D eigenvalue weighted by atomic mass is 10.1. The molecule has 0 aliphatic heterocycles. The SMILES string of the molecule is CC(C)N(C(C)C)P(OCC1=CCCC=C1)OCc1ccccc1. The molecule has 4 heteroatoms. The number of hydrogen-bond donors (Lipinski definition) is 0. The van der Waals surface area contributed by atoms with Crippen molar-refractivity contribution in [1.29, 1.82) is 0 Å². The summed E-state index contributed by atoms with van der Waals surface area (Å²) in [6, 6.07) is 11.1. The Labute approximate surface area is 148 Å². The Morgan fingerprint density at radius 1 is 0.958 bits per heavy atom. The first-order chi connectivity index (χ1) is 11.6. The molecule has 1 aromatic carbocycles. The van der Waals surface area contributed by atoms with E-state index in [9.17, 15) is 0 Å². The normalized spacial score (nSPS) is 16.0. The van der Waals surface area contributed by atoms with E-state index >= 15 is 0 Å². The topological polar surface area (TPSA) is 21.7 Å². The Hall–Kier alpha value is -0.990. The summed E-state index contributed by atoms with van der Waals surface area (Å²) in [6.07, 6.45) is 8.89. The molecule has 0 amide bonds. The smallest absolute Gasteiger partial charge is 0.259 e. The summed E-state index contributed by atoms with van der Waals surface area (Å²) in [5, 5.41) is 0. The van der Waals surface area contributed by atoms with E-state index in [-0.39, 0.29) is 0 Å². The third kappa shape index (κ3) is 6.14. The van der Waals surface area contributed by atoms with E-state index in [1.54, 1.807) is 0 Å². The second-order valence-corrected chi connectivity index (χ2v) is 8.05. The molecule has 0 N–H and O–H groups in total. The summed E-state index contributed by atoms with van der Waals surface area (Å²) in [6.45, 7) is 9.99. The van der Waals surface area contributed by atoms with Gasteiger partial charge in [-0.2, -0.15) is 0 Å². The van der Waals surface area contributed by atoms with Crippen LogP contribution in [0.1, 0.15) is 46.1 Å². The molecule has 1 aliphatic carbocycles. The van der Waals surface area contributed by atoms with Gasteiger partial charge in [0.25, 0.3) is 8.53 Å². The van der Waals surface area contributed by atoms with E-state index in [1.165, 1.54) is 11.1 Å². The summed E-state index contributed by atoms with van der Waals surface area (Å²) in [4.78, 5) is 0. The minimum atomic E-state index is -1.09. The lowest BCUT2D eigenvalue weighted by molar-refractivity contribution is 0.177. The zero-order valence-electron chi connectivity index (χ0n) is 15.3. The van der Waals surface area contributed by atoms with Crippen molar-refractivity contribution in [3.8, 4) is 0 Å². The quantitative estimate of drug-likeness (QED) is 0.524. The van der Waals surface area contributed by atoms with Gasteiger partial charge in [-0.1, -0.05) is 48.6 Å². The van der Waals surface area contributed by atoms with Gasteiger partial charge in [-0.15, -0.1) is 0 Å². The standard InChI is InChI=1S/C20H30NO2P/c1-17(2)21(18(3)4)24(22-15-19-11-7-5-8-12-19)23-16-20-13-9-6-10-14-20/h5,7-9,11-14,17-18H,6,10,15-16H2,1-4H3. The van der Waals surface area contributed by atoms with Crippen LogP contribution >= 0.6 is 8.53 Å². The van der Waals surface area contributed by atoms with E-state index in [4.69, 9.17) is 9.05 Å². The highest BCUT2D eigenvalue weighted by Crippen LogP contribution is 2.47. The minimum Gasteiger partial charge on any atom is -0.317 e. The van der Waals surface area contributed by atoms with Gasteiger partial charge < -0.3 is 9.05 Å². The molecule has 1 aliphatic rings. The van der Waals surface area contributed by atoms with Crippen molar-refractivity contribution in [3.63, 3.8) is 0 Å². The van der Waals surface area contributed by atoms with Crippen molar-refractivity contribution < 1.29 is 9.05 Å². The summed E-state index contributed by atoms with van der Waals surface area (Å²) in [5.74, 6) is 0. The summed E-state index contributed by atoms with van der Waals surface area (Å²) >= 11 is 0. The van der Waals surface area contributed by atoms with Gasteiger partial charge in [0.15, 0.2) is 0 Å². The van der Waals surface area contributed by atoms with Crippen molar-refractivity contribution in [2.75, 3.05) is 6.61 Å². The maximum Gasteiger partial charge on any atom is 0.259 e. The maximum absolute atomic E-state index is 6.24. The second kappa shape index (κ2) is 10.1. The van der Waals surface area contributed by atoms with Gasteiger partial charge in [-0.05, 0) is 51.7 Å². The third-order valence-corrected chi connectivity index (χ3v) is 5.85. The van der Waals surface area contributed by atoms with Crippen LogP contribution in [-0.2, 0) is 15.7 Å². The fraction of sp³-hybridized carbons (Fsp3) is 0.500. The maximum atomic E-state index is 6.24. The summed E-state index contributed by atoms with van der Waals surface area (Å²) in [5.41, 5.74) is 2.43. The van der Waals surface area contributed by atoms with Gasteiger partial charge in [-0.3, -0.25) is 0 Å². The first-order valence-corrected chi connectivity index (χ1v) is 9.94. The highest BCUT2D eigenvalue weighted by atomic mass is 31.2. The van der Waals surface area contributed by atoms with E-state index < -0.39 is 8.53 Å². The van der Waals surface area contributed by atoms with Gasteiger partial charge in [0, 0.05) is 12.1 Å². The van der Waals surface area contributed by atoms with Crippen LogP contribution in [0.15, 0.2) is 54.1 Å². The minimum absolute atomic E-state index is 0.378. The average molecular weight is 347 g/mol. The van der Waals surface area contributed by atoms with E-state index in [1.807, 2.05) is 18.2 Å². The Balaban J connectivity index is 2.01. The summed E-state index contributed by atoms with van der Waals surface area (Å²) < 4.78 is 14.8. The van der Waals surface area contributed by atoms with E-state index in [0.717, 1.165) is 12.8 Å². The first kappa shape index (κ1) is 19.3. The predicted octanol–water partition coefficient (Wildman–Crippen LogP) is 5.84. The molecule has 0 aromatic heterocycles. The first-order valence-electron chi connectivity index (χ1n) is 8.81.